The largest absolute Gasteiger partial charge is 0.365 e. The van der Waals surface area contributed by atoms with Crippen LogP contribution in [0.5, 0.6) is 0 Å². The molecule has 5 rings (SSSR count). The average Bonchev–Trinajstić information content (AvgIpc) is 3.43. The summed E-state index contributed by atoms with van der Waals surface area (Å²) < 4.78 is 5.52. The van der Waals surface area contributed by atoms with Crippen molar-refractivity contribution in [3.05, 3.63) is 0 Å². The van der Waals surface area contributed by atoms with Gasteiger partial charge in [0, 0.05) is 46.3 Å². The van der Waals surface area contributed by atoms with Gasteiger partial charge < -0.3 is 14.5 Å². The second-order valence-corrected chi connectivity index (χ2v) is 12.6. The van der Waals surface area contributed by atoms with Gasteiger partial charge in [-0.15, -0.1) is 0 Å². The third kappa shape index (κ3) is 5.11. The van der Waals surface area contributed by atoms with E-state index < -0.39 is 0 Å². The molecule has 3 saturated heterocycles. The lowest BCUT2D eigenvalue weighted by molar-refractivity contribution is 0.0109. The lowest BCUT2D eigenvalue weighted by atomic mass is 9.71. The molecular weight excluding hydrogens is 438 g/mol. The second kappa shape index (κ2) is 10.8. The number of rotatable bonds is 6. The van der Waals surface area contributed by atoms with E-state index in [4.69, 9.17) is 10.1 Å². The Kier molecular flexibility index (Phi) is 7.95. The Balaban J connectivity index is 1.21. The number of likely N-dealkylation sites (N-methyl/N-ethyl adjacent to an activating group) is 1. The molecule has 8 nitrogen and oxygen atoms in total. The minimum atomic E-state index is 0.177. The van der Waals surface area contributed by atoms with Crippen molar-refractivity contribution < 1.29 is 4.74 Å². The molecule has 8 heteroatoms. The smallest absolute Gasteiger partial charge is 0.195 e. The molecule has 0 amide bonds. The van der Waals surface area contributed by atoms with Crippen molar-refractivity contribution in [1.82, 2.24) is 30.9 Å². The van der Waals surface area contributed by atoms with Crippen LogP contribution in [0.4, 0.5) is 0 Å². The molecule has 9 unspecified atom stereocenters. The van der Waals surface area contributed by atoms with Gasteiger partial charge >= 0.3 is 0 Å². The zero-order chi connectivity index (χ0) is 24.7. The molecule has 35 heavy (non-hydrogen) atoms. The number of hydrogen-bond donors (Lipinski definition) is 4. The van der Waals surface area contributed by atoms with Crippen molar-refractivity contribution in [1.29, 1.82) is 5.41 Å². The lowest BCUT2D eigenvalue weighted by Crippen LogP contribution is -2.67. The fourth-order valence-electron chi connectivity index (χ4n) is 8.16. The van der Waals surface area contributed by atoms with Gasteiger partial charge in [-0.25, -0.2) is 10.4 Å². The van der Waals surface area contributed by atoms with E-state index in [1.54, 1.807) is 7.11 Å². The Hall–Kier alpha value is -0.930. The quantitative estimate of drug-likeness (QED) is 0.457. The number of nitrogens with one attached hydrogen (secondary N) is 4. The van der Waals surface area contributed by atoms with Gasteiger partial charge in [0.15, 0.2) is 5.96 Å². The highest BCUT2D eigenvalue weighted by Gasteiger charge is 2.48. The van der Waals surface area contributed by atoms with Gasteiger partial charge in [-0.2, -0.15) is 0 Å². The van der Waals surface area contributed by atoms with Crippen LogP contribution in [0.15, 0.2) is 0 Å². The van der Waals surface area contributed by atoms with Crippen molar-refractivity contribution in [2.75, 3.05) is 33.8 Å². The van der Waals surface area contributed by atoms with Crippen LogP contribution in [-0.2, 0) is 4.74 Å². The average molecular weight is 490 g/mol. The van der Waals surface area contributed by atoms with Crippen LogP contribution in [0.2, 0.25) is 0 Å². The summed E-state index contributed by atoms with van der Waals surface area (Å²) in [6, 6.07) is 0.939. The number of guanidine groups is 1. The van der Waals surface area contributed by atoms with Crippen LogP contribution in [0.3, 0.4) is 0 Å². The predicted octanol–water partition coefficient (Wildman–Crippen LogP) is 2.83. The Morgan fingerprint density at radius 1 is 1.09 bits per heavy atom. The Morgan fingerprint density at radius 2 is 1.89 bits per heavy atom. The van der Waals surface area contributed by atoms with Crippen LogP contribution >= 0.6 is 0 Å². The monoisotopic (exact) mass is 489 g/mol. The molecule has 5 fully saturated rings. The lowest BCUT2D eigenvalue weighted by Gasteiger charge is -2.46. The van der Waals surface area contributed by atoms with Crippen molar-refractivity contribution in [3.8, 4) is 0 Å². The van der Waals surface area contributed by atoms with E-state index in [1.807, 2.05) is 0 Å². The van der Waals surface area contributed by atoms with Crippen molar-refractivity contribution in [3.63, 3.8) is 0 Å². The molecular formula is C27H51N7O. The fourth-order valence-corrected chi connectivity index (χ4v) is 8.16. The van der Waals surface area contributed by atoms with E-state index in [-0.39, 0.29) is 12.4 Å². The predicted molar refractivity (Wildman–Crippen MR) is 141 cm³/mol. The minimum absolute atomic E-state index is 0.177. The van der Waals surface area contributed by atoms with E-state index in [2.05, 4.69) is 58.7 Å². The maximum atomic E-state index is 8.97. The maximum Gasteiger partial charge on any atom is 0.195 e. The molecule has 0 bridgehead atoms. The first-order chi connectivity index (χ1) is 16.9. The van der Waals surface area contributed by atoms with Gasteiger partial charge in [0.2, 0.25) is 0 Å². The highest BCUT2D eigenvalue weighted by atomic mass is 16.5. The molecule has 0 aromatic carbocycles. The summed E-state index contributed by atoms with van der Waals surface area (Å²) in [6.07, 6.45) is 11.0. The topological polar surface area (TPSA) is 78.9 Å². The molecule has 0 aromatic heterocycles. The maximum absolute atomic E-state index is 8.97. The molecule has 3 aliphatic heterocycles. The molecule has 0 radical (unpaired) electrons. The van der Waals surface area contributed by atoms with Crippen LogP contribution in [0, 0.1) is 35.0 Å². The van der Waals surface area contributed by atoms with Crippen LogP contribution in [0.1, 0.15) is 72.1 Å². The summed E-state index contributed by atoms with van der Waals surface area (Å²) in [5.74, 6) is 4.25. The summed E-state index contributed by atoms with van der Waals surface area (Å²) in [5, 5.41) is 19.3. The standard InChI is InChI=1S/C27H51N7O/c1-17(2)20-8-6-7-9-21(20)25-29-15-23-26(30-25)33(27(28)32(23)4)16-19-10-11-22(18(3)14-19)34-13-12-24(31-34)35-5/h17-26,28-31H,6-16H2,1-5H3. The zero-order valence-corrected chi connectivity index (χ0v) is 22.8. The van der Waals surface area contributed by atoms with Crippen molar-refractivity contribution >= 4 is 5.96 Å². The van der Waals surface area contributed by atoms with Gasteiger partial charge in [0.1, 0.15) is 12.4 Å². The summed E-state index contributed by atoms with van der Waals surface area (Å²) in [4.78, 5) is 4.62. The summed E-state index contributed by atoms with van der Waals surface area (Å²) in [7, 11) is 3.92. The number of nitrogens with zero attached hydrogens (tertiary/aromatic N) is 3. The number of hydrazine groups is 1. The number of methoxy groups -OCH3 is 1. The summed E-state index contributed by atoms with van der Waals surface area (Å²) in [5.41, 5.74) is 3.57. The molecule has 4 N–H and O–H groups in total. The second-order valence-electron chi connectivity index (χ2n) is 12.6. The van der Waals surface area contributed by atoms with Gasteiger partial charge in [0.05, 0.1) is 12.2 Å². The third-order valence-corrected chi connectivity index (χ3v) is 10.2. The fraction of sp³-hybridized carbons (Fsp3) is 0.963. The van der Waals surface area contributed by atoms with Crippen molar-refractivity contribution in [2.45, 2.75) is 103 Å². The molecule has 2 aliphatic carbocycles. The van der Waals surface area contributed by atoms with Gasteiger partial charge in [-0.05, 0) is 61.7 Å². The highest BCUT2D eigenvalue weighted by molar-refractivity contribution is 5.80. The third-order valence-electron chi connectivity index (χ3n) is 10.2. The van der Waals surface area contributed by atoms with Crippen LogP contribution < -0.4 is 16.1 Å². The zero-order valence-electron chi connectivity index (χ0n) is 22.8. The number of ether oxygens (including phenoxy) is 1. The number of hydrogen-bond acceptors (Lipinski definition) is 6. The molecule has 5 aliphatic rings. The SMILES string of the molecule is COC1CCN(C2CCC(CN3C(=N)N(C)C4CNC(C5CCCCC5C(C)C)NC43)CC2C)N1. The first kappa shape index (κ1) is 25.7. The normalized spacial score (nSPS) is 43.3. The van der Waals surface area contributed by atoms with E-state index >= 15 is 0 Å². The molecule has 2 saturated carbocycles. The van der Waals surface area contributed by atoms with Gasteiger partial charge in [0.25, 0.3) is 0 Å². The van der Waals surface area contributed by atoms with Crippen LogP contribution in [0.25, 0.3) is 0 Å². The minimum Gasteiger partial charge on any atom is -0.365 e. The summed E-state index contributed by atoms with van der Waals surface area (Å²) >= 11 is 0. The van der Waals surface area contributed by atoms with Gasteiger partial charge in [-0.1, -0.05) is 33.6 Å². The molecule has 200 valence electrons. The molecule has 9 atom stereocenters. The Labute approximate surface area is 213 Å². The van der Waals surface area contributed by atoms with E-state index in [0.29, 0.717) is 42.0 Å². The van der Waals surface area contributed by atoms with Gasteiger partial charge in [-0.3, -0.25) is 16.0 Å². The Morgan fingerprint density at radius 3 is 2.60 bits per heavy atom. The van der Waals surface area contributed by atoms with Crippen LogP contribution in [-0.4, -0.2) is 85.2 Å². The first-order valence-electron chi connectivity index (χ1n) is 14.5. The van der Waals surface area contributed by atoms with E-state index in [0.717, 1.165) is 37.9 Å². The van der Waals surface area contributed by atoms with Crippen molar-refractivity contribution in [2.24, 2.45) is 29.6 Å². The molecule has 0 aromatic rings. The Bertz CT molecular complexity index is 734. The van der Waals surface area contributed by atoms with E-state index in [1.165, 1.54) is 44.9 Å². The highest BCUT2D eigenvalue weighted by Crippen LogP contribution is 2.39. The summed E-state index contributed by atoms with van der Waals surface area (Å²) in [6.45, 7) is 10.3. The molecule has 0 spiro atoms. The first-order valence-corrected chi connectivity index (χ1v) is 14.5. The number of fused-ring (bicyclic) bond motifs is 1. The van der Waals surface area contributed by atoms with E-state index in [9.17, 15) is 0 Å². The molecule has 3 heterocycles.